The molecule has 1 aromatic heterocycles. The van der Waals surface area contributed by atoms with Crippen LogP contribution in [0.25, 0.3) is 0 Å². The van der Waals surface area contributed by atoms with Crippen molar-refractivity contribution < 1.29 is 4.79 Å². The molecule has 0 saturated carbocycles. The summed E-state index contributed by atoms with van der Waals surface area (Å²) in [5.74, 6) is 0.147. The van der Waals surface area contributed by atoms with E-state index in [9.17, 15) is 4.79 Å². The zero-order valence-electron chi connectivity index (χ0n) is 8.36. The molecule has 0 aromatic carbocycles. The zero-order valence-corrected chi connectivity index (χ0v) is 9.17. The Morgan fingerprint density at radius 1 is 1.57 bits per heavy atom. The van der Waals surface area contributed by atoms with Gasteiger partial charge in [0, 0.05) is 29.3 Å². The van der Waals surface area contributed by atoms with Crippen molar-refractivity contribution in [3.63, 3.8) is 0 Å². The molecule has 1 aliphatic heterocycles. The summed E-state index contributed by atoms with van der Waals surface area (Å²) in [6.45, 7) is 2.07. The average molecular weight is 210 g/mol. The van der Waals surface area contributed by atoms with E-state index in [0.717, 1.165) is 0 Å². The van der Waals surface area contributed by atoms with Crippen LogP contribution >= 0.6 is 11.3 Å². The molecule has 1 aromatic rings. The van der Waals surface area contributed by atoms with Crippen LogP contribution in [-0.2, 0) is 4.79 Å². The number of carbonyl (C=O) groups excluding carboxylic acids is 1. The molecule has 1 amide bonds. The van der Waals surface area contributed by atoms with Crippen LogP contribution in [0.3, 0.4) is 0 Å². The maximum Gasteiger partial charge on any atom is 0.224 e. The van der Waals surface area contributed by atoms with Crippen LogP contribution in [-0.4, -0.2) is 23.9 Å². The van der Waals surface area contributed by atoms with E-state index in [1.54, 1.807) is 16.2 Å². The van der Waals surface area contributed by atoms with Crippen molar-refractivity contribution in [2.45, 2.75) is 25.4 Å². The number of hydrogen-bond acceptors (Lipinski definition) is 3. The molecule has 0 aliphatic carbocycles. The molecule has 4 heteroatoms. The molecule has 14 heavy (non-hydrogen) atoms. The van der Waals surface area contributed by atoms with Gasteiger partial charge in [-0.2, -0.15) is 0 Å². The first kappa shape index (κ1) is 9.68. The predicted octanol–water partition coefficient (Wildman–Crippen LogP) is 1.29. The highest BCUT2D eigenvalue weighted by molar-refractivity contribution is 7.12. The molecular weight excluding hydrogens is 196 g/mol. The van der Waals surface area contributed by atoms with Gasteiger partial charge in [0.1, 0.15) is 0 Å². The molecule has 1 fully saturated rings. The van der Waals surface area contributed by atoms with Crippen molar-refractivity contribution in [2.75, 3.05) is 7.05 Å². The third kappa shape index (κ3) is 1.44. The first-order chi connectivity index (χ1) is 6.59. The fourth-order valence-corrected chi connectivity index (χ4v) is 3.01. The van der Waals surface area contributed by atoms with Crippen molar-refractivity contribution in [1.82, 2.24) is 4.90 Å². The van der Waals surface area contributed by atoms with E-state index in [1.807, 2.05) is 7.05 Å². The van der Waals surface area contributed by atoms with Gasteiger partial charge in [0.25, 0.3) is 0 Å². The Kier molecular flexibility index (Phi) is 2.33. The molecule has 0 bridgehead atoms. The van der Waals surface area contributed by atoms with Crippen LogP contribution in [0.1, 0.15) is 22.2 Å². The maximum absolute atomic E-state index is 11.4. The summed E-state index contributed by atoms with van der Waals surface area (Å²) in [6, 6.07) is 4.18. The van der Waals surface area contributed by atoms with Gasteiger partial charge in [-0.05, 0) is 19.1 Å². The first-order valence-corrected chi connectivity index (χ1v) is 5.49. The summed E-state index contributed by atoms with van der Waals surface area (Å²) in [7, 11) is 1.83. The van der Waals surface area contributed by atoms with Crippen LogP contribution in [0.4, 0.5) is 0 Å². The highest BCUT2D eigenvalue weighted by Crippen LogP contribution is 2.34. The Bertz CT molecular complexity index is 361. The number of carbonyl (C=O) groups is 1. The molecule has 0 spiro atoms. The standard InChI is InChI=1S/C10H14N2OS/c1-6-3-4-8(14-6)10-7(11)5-9(13)12(10)2/h3-4,7,10H,5,11H2,1-2H3/t7-,10-/m0/s1. The van der Waals surface area contributed by atoms with Crippen molar-refractivity contribution in [3.8, 4) is 0 Å². The molecule has 0 unspecified atom stereocenters. The minimum atomic E-state index is -0.0504. The Labute approximate surface area is 87.5 Å². The molecular formula is C10H14N2OS. The lowest BCUT2D eigenvalue weighted by molar-refractivity contribution is -0.127. The van der Waals surface area contributed by atoms with Crippen molar-refractivity contribution in [1.29, 1.82) is 0 Å². The molecule has 2 atom stereocenters. The second-order valence-electron chi connectivity index (χ2n) is 3.77. The predicted molar refractivity (Wildman–Crippen MR) is 57.2 cm³/mol. The van der Waals surface area contributed by atoms with Gasteiger partial charge in [-0.1, -0.05) is 0 Å². The fraction of sp³-hybridized carbons (Fsp3) is 0.500. The van der Waals surface area contributed by atoms with Gasteiger partial charge < -0.3 is 10.6 Å². The van der Waals surface area contributed by atoms with E-state index in [4.69, 9.17) is 5.73 Å². The number of thiophene rings is 1. The van der Waals surface area contributed by atoms with Gasteiger partial charge in [0.05, 0.1) is 6.04 Å². The normalized spacial score (nSPS) is 27.4. The quantitative estimate of drug-likeness (QED) is 0.759. The Hall–Kier alpha value is -0.870. The highest BCUT2D eigenvalue weighted by Gasteiger charge is 2.36. The van der Waals surface area contributed by atoms with Crippen LogP contribution < -0.4 is 5.73 Å². The highest BCUT2D eigenvalue weighted by atomic mass is 32.1. The lowest BCUT2D eigenvalue weighted by Gasteiger charge is -2.21. The van der Waals surface area contributed by atoms with Gasteiger partial charge in [-0.3, -0.25) is 4.79 Å². The van der Waals surface area contributed by atoms with Crippen molar-refractivity contribution in [2.24, 2.45) is 5.73 Å². The molecule has 2 rings (SSSR count). The Morgan fingerprint density at radius 3 is 2.71 bits per heavy atom. The molecule has 2 N–H and O–H groups in total. The Balaban J connectivity index is 2.30. The lowest BCUT2D eigenvalue weighted by atomic mass is 10.1. The number of nitrogens with zero attached hydrogens (tertiary/aromatic N) is 1. The molecule has 1 aliphatic rings. The van der Waals surface area contributed by atoms with E-state index >= 15 is 0 Å². The third-order valence-electron chi connectivity index (χ3n) is 2.68. The smallest absolute Gasteiger partial charge is 0.224 e. The van der Waals surface area contributed by atoms with Gasteiger partial charge >= 0.3 is 0 Å². The van der Waals surface area contributed by atoms with Gasteiger partial charge in [-0.15, -0.1) is 11.3 Å². The van der Waals surface area contributed by atoms with E-state index in [-0.39, 0.29) is 18.0 Å². The molecule has 3 nitrogen and oxygen atoms in total. The van der Waals surface area contributed by atoms with E-state index in [0.29, 0.717) is 6.42 Å². The van der Waals surface area contributed by atoms with Crippen LogP contribution in [0.15, 0.2) is 12.1 Å². The second kappa shape index (κ2) is 3.37. The zero-order chi connectivity index (χ0) is 10.3. The summed E-state index contributed by atoms with van der Waals surface area (Å²) in [4.78, 5) is 15.6. The number of rotatable bonds is 1. The van der Waals surface area contributed by atoms with Crippen molar-refractivity contribution in [3.05, 3.63) is 21.9 Å². The molecule has 1 saturated heterocycles. The lowest BCUT2D eigenvalue weighted by Crippen LogP contribution is -2.29. The molecule has 76 valence electrons. The van der Waals surface area contributed by atoms with Crippen LogP contribution in [0.5, 0.6) is 0 Å². The molecule has 2 heterocycles. The number of nitrogens with two attached hydrogens (primary N) is 1. The number of likely N-dealkylation sites (tertiary alicyclic amines) is 1. The summed E-state index contributed by atoms with van der Waals surface area (Å²) in [6.07, 6.45) is 0.470. The fourth-order valence-electron chi connectivity index (χ4n) is 1.91. The van der Waals surface area contributed by atoms with Crippen LogP contribution in [0, 0.1) is 6.92 Å². The summed E-state index contributed by atoms with van der Waals surface area (Å²) in [5, 5.41) is 0. The minimum Gasteiger partial charge on any atom is -0.336 e. The number of amides is 1. The van der Waals surface area contributed by atoms with Gasteiger partial charge in [0.2, 0.25) is 5.91 Å². The minimum absolute atomic E-state index is 0.0504. The summed E-state index contributed by atoms with van der Waals surface area (Å²) < 4.78 is 0. The molecule has 0 radical (unpaired) electrons. The topological polar surface area (TPSA) is 46.3 Å². The largest absolute Gasteiger partial charge is 0.336 e. The first-order valence-electron chi connectivity index (χ1n) is 4.67. The number of likely N-dealkylation sites (N-methyl/N-ethyl adjacent to an activating group) is 1. The van der Waals surface area contributed by atoms with E-state index in [1.165, 1.54) is 9.75 Å². The van der Waals surface area contributed by atoms with Crippen LogP contribution in [0.2, 0.25) is 0 Å². The monoisotopic (exact) mass is 210 g/mol. The number of hydrogen-bond donors (Lipinski definition) is 1. The maximum atomic E-state index is 11.4. The van der Waals surface area contributed by atoms with Gasteiger partial charge in [0.15, 0.2) is 0 Å². The SMILES string of the molecule is Cc1ccc([C@@H]2[C@@H](N)CC(=O)N2C)s1. The summed E-state index contributed by atoms with van der Waals surface area (Å²) >= 11 is 1.72. The summed E-state index contributed by atoms with van der Waals surface area (Å²) in [5.41, 5.74) is 5.95. The average Bonchev–Trinajstić information content (AvgIpc) is 2.60. The second-order valence-corrected chi connectivity index (χ2v) is 5.09. The van der Waals surface area contributed by atoms with E-state index in [2.05, 4.69) is 19.1 Å². The Morgan fingerprint density at radius 2 is 2.29 bits per heavy atom. The van der Waals surface area contributed by atoms with Crippen molar-refractivity contribution >= 4 is 17.2 Å². The number of aryl methyl sites for hydroxylation is 1. The third-order valence-corrected chi connectivity index (χ3v) is 3.75. The van der Waals surface area contributed by atoms with E-state index < -0.39 is 0 Å². The van der Waals surface area contributed by atoms with Gasteiger partial charge in [-0.25, -0.2) is 0 Å².